The summed E-state index contributed by atoms with van der Waals surface area (Å²) in [4.78, 5) is 0. The summed E-state index contributed by atoms with van der Waals surface area (Å²) in [5, 5.41) is 28.2. The quantitative estimate of drug-likeness (QED) is 0.830. The molecule has 1 aliphatic heterocycles. The normalized spacial score (nSPS) is 13.3. The van der Waals surface area contributed by atoms with Crippen molar-refractivity contribution < 1.29 is 14.9 Å². The number of aliphatic hydroxyl groups is 1. The van der Waals surface area contributed by atoms with Crippen LogP contribution < -0.4 is 4.74 Å². The molecule has 1 heterocycles. The highest BCUT2D eigenvalue weighted by Crippen LogP contribution is 2.35. The van der Waals surface area contributed by atoms with Crippen LogP contribution in [0.2, 0.25) is 0 Å². The molecule has 3 rings (SSSR count). The van der Waals surface area contributed by atoms with Crippen molar-refractivity contribution in [3.8, 4) is 17.6 Å². The van der Waals surface area contributed by atoms with Crippen LogP contribution in [0.3, 0.4) is 0 Å². The Hall–Kier alpha value is -2.93. The van der Waals surface area contributed by atoms with Gasteiger partial charge in [0.05, 0.1) is 11.6 Å². The highest BCUT2D eigenvalue weighted by molar-refractivity contribution is 5.72. The fraction of sp³-hybridized carbons (Fsp3) is 0.0625. The minimum Gasteiger partial charge on any atom is -0.508 e. The van der Waals surface area contributed by atoms with E-state index in [-0.39, 0.29) is 11.7 Å². The van der Waals surface area contributed by atoms with Crippen molar-refractivity contribution in [3.63, 3.8) is 0 Å². The third-order valence-corrected chi connectivity index (χ3v) is 3.25. The summed E-state index contributed by atoms with van der Waals surface area (Å²) in [6.07, 6.45) is 0.507. The summed E-state index contributed by atoms with van der Waals surface area (Å²) in [5.74, 6) is 0.381. The highest BCUT2D eigenvalue weighted by Gasteiger charge is 2.21. The molecule has 0 unspecified atom stereocenters. The van der Waals surface area contributed by atoms with E-state index in [0.29, 0.717) is 23.3 Å². The SMILES string of the molecule is N#Cc1ccc(C2=C(O)Oc3cc(O)ccc3C2)cc1. The van der Waals surface area contributed by atoms with Gasteiger partial charge in [-0.05, 0) is 29.3 Å². The van der Waals surface area contributed by atoms with E-state index in [9.17, 15) is 10.2 Å². The first-order valence-electron chi connectivity index (χ1n) is 6.10. The molecular weight excluding hydrogens is 254 g/mol. The molecule has 2 N–H and O–H groups in total. The Morgan fingerprint density at radius 3 is 2.50 bits per heavy atom. The lowest BCUT2D eigenvalue weighted by Crippen LogP contribution is -2.09. The Balaban J connectivity index is 1.99. The zero-order valence-electron chi connectivity index (χ0n) is 10.5. The topological polar surface area (TPSA) is 73.5 Å². The molecule has 0 spiro atoms. The fourth-order valence-electron chi connectivity index (χ4n) is 2.19. The molecule has 0 saturated carbocycles. The summed E-state index contributed by atoms with van der Waals surface area (Å²) < 4.78 is 5.35. The van der Waals surface area contributed by atoms with Gasteiger partial charge in [0.25, 0.3) is 5.95 Å². The van der Waals surface area contributed by atoms with E-state index in [0.717, 1.165) is 11.1 Å². The number of phenolic OH excluding ortho intramolecular Hbond substituents is 1. The largest absolute Gasteiger partial charge is 0.508 e. The molecule has 0 saturated heterocycles. The van der Waals surface area contributed by atoms with Crippen LogP contribution in [0.15, 0.2) is 48.4 Å². The molecule has 4 heteroatoms. The number of nitriles is 1. The van der Waals surface area contributed by atoms with Gasteiger partial charge in [0.2, 0.25) is 0 Å². The number of allylic oxidation sites excluding steroid dienone is 1. The number of aromatic hydroxyl groups is 1. The predicted octanol–water partition coefficient (Wildman–Crippen LogP) is 3.13. The molecule has 2 aromatic rings. The second-order valence-electron chi connectivity index (χ2n) is 4.54. The van der Waals surface area contributed by atoms with E-state index in [1.807, 2.05) is 0 Å². The van der Waals surface area contributed by atoms with Gasteiger partial charge in [-0.1, -0.05) is 18.2 Å². The zero-order valence-corrected chi connectivity index (χ0v) is 10.5. The second kappa shape index (κ2) is 4.63. The molecule has 20 heavy (non-hydrogen) atoms. The van der Waals surface area contributed by atoms with Crippen molar-refractivity contribution in [1.82, 2.24) is 0 Å². The smallest absolute Gasteiger partial charge is 0.286 e. The summed E-state index contributed by atoms with van der Waals surface area (Å²) >= 11 is 0. The first-order chi connectivity index (χ1) is 9.67. The molecule has 0 atom stereocenters. The van der Waals surface area contributed by atoms with E-state index in [1.54, 1.807) is 36.4 Å². The van der Waals surface area contributed by atoms with Crippen molar-refractivity contribution in [2.45, 2.75) is 6.42 Å². The minimum absolute atomic E-state index is 0.0957. The molecule has 1 aliphatic rings. The second-order valence-corrected chi connectivity index (χ2v) is 4.54. The predicted molar refractivity (Wildman–Crippen MR) is 73.1 cm³/mol. The van der Waals surface area contributed by atoms with Gasteiger partial charge in [-0.3, -0.25) is 0 Å². The Kier molecular flexibility index (Phi) is 2.81. The van der Waals surface area contributed by atoms with Gasteiger partial charge in [0.1, 0.15) is 11.5 Å². The van der Waals surface area contributed by atoms with Crippen LogP contribution >= 0.6 is 0 Å². The van der Waals surface area contributed by atoms with Crippen LogP contribution in [-0.2, 0) is 6.42 Å². The first-order valence-corrected chi connectivity index (χ1v) is 6.10. The fourth-order valence-corrected chi connectivity index (χ4v) is 2.19. The Labute approximate surface area is 115 Å². The van der Waals surface area contributed by atoms with E-state index in [2.05, 4.69) is 6.07 Å². The lowest BCUT2D eigenvalue weighted by atomic mass is 9.96. The van der Waals surface area contributed by atoms with Gasteiger partial charge in [-0.25, -0.2) is 0 Å². The monoisotopic (exact) mass is 265 g/mol. The van der Waals surface area contributed by atoms with Crippen LogP contribution in [-0.4, -0.2) is 10.2 Å². The molecular formula is C16H11NO3. The van der Waals surface area contributed by atoms with Gasteiger partial charge in [-0.2, -0.15) is 5.26 Å². The summed E-state index contributed by atoms with van der Waals surface area (Å²) in [6, 6.07) is 13.8. The molecule has 0 aromatic heterocycles. The highest BCUT2D eigenvalue weighted by atomic mass is 16.6. The third-order valence-electron chi connectivity index (χ3n) is 3.25. The summed E-state index contributed by atoms with van der Waals surface area (Å²) in [6.45, 7) is 0. The molecule has 4 nitrogen and oxygen atoms in total. The molecule has 2 aromatic carbocycles. The van der Waals surface area contributed by atoms with Crippen LogP contribution in [0.4, 0.5) is 0 Å². The first kappa shape index (κ1) is 12.1. The average Bonchev–Trinajstić information content (AvgIpc) is 2.46. The third kappa shape index (κ3) is 2.06. The van der Waals surface area contributed by atoms with Gasteiger partial charge < -0.3 is 14.9 Å². The molecule has 98 valence electrons. The number of hydrogen-bond donors (Lipinski definition) is 2. The molecule has 0 amide bonds. The van der Waals surface area contributed by atoms with Crippen molar-refractivity contribution in [2.75, 3.05) is 0 Å². The van der Waals surface area contributed by atoms with E-state index >= 15 is 0 Å². The van der Waals surface area contributed by atoms with Crippen molar-refractivity contribution >= 4 is 5.57 Å². The average molecular weight is 265 g/mol. The summed E-state index contributed by atoms with van der Waals surface area (Å²) in [5.41, 5.74) is 2.92. The lowest BCUT2D eigenvalue weighted by Gasteiger charge is -2.20. The van der Waals surface area contributed by atoms with Gasteiger partial charge >= 0.3 is 0 Å². The Morgan fingerprint density at radius 2 is 1.80 bits per heavy atom. The number of hydrogen-bond acceptors (Lipinski definition) is 4. The van der Waals surface area contributed by atoms with E-state index in [4.69, 9.17) is 10.00 Å². The maximum absolute atomic E-state index is 10.00. The number of aliphatic hydroxyl groups excluding tert-OH is 1. The summed E-state index contributed by atoms with van der Waals surface area (Å²) in [7, 11) is 0. The Bertz CT molecular complexity index is 739. The van der Waals surface area contributed by atoms with Crippen LogP contribution in [0.5, 0.6) is 11.5 Å². The molecule has 0 fully saturated rings. The minimum atomic E-state index is -0.173. The van der Waals surface area contributed by atoms with Crippen molar-refractivity contribution in [1.29, 1.82) is 5.26 Å². The number of benzene rings is 2. The number of rotatable bonds is 1. The van der Waals surface area contributed by atoms with Crippen molar-refractivity contribution in [3.05, 3.63) is 65.1 Å². The van der Waals surface area contributed by atoms with Crippen molar-refractivity contribution in [2.24, 2.45) is 0 Å². The Morgan fingerprint density at radius 1 is 1.05 bits per heavy atom. The van der Waals surface area contributed by atoms with E-state index < -0.39 is 0 Å². The molecule has 0 bridgehead atoms. The number of ether oxygens (including phenoxy) is 1. The lowest BCUT2D eigenvalue weighted by molar-refractivity contribution is 0.205. The zero-order chi connectivity index (χ0) is 14.1. The molecule has 0 aliphatic carbocycles. The van der Waals surface area contributed by atoms with Gasteiger partial charge in [0, 0.05) is 18.1 Å². The standard InChI is InChI=1S/C16H11NO3/c17-9-10-1-3-11(4-2-10)14-7-12-5-6-13(18)8-15(12)20-16(14)19/h1-6,8,18-19H,7H2. The number of fused-ring (bicyclic) bond motifs is 1. The van der Waals surface area contributed by atoms with Gasteiger partial charge in [0.15, 0.2) is 0 Å². The van der Waals surface area contributed by atoms with Crippen LogP contribution in [0, 0.1) is 11.3 Å². The maximum Gasteiger partial charge on any atom is 0.286 e. The van der Waals surface area contributed by atoms with Gasteiger partial charge in [-0.15, -0.1) is 0 Å². The van der Waals surface area contributed by atoms with E-state index in [1.165, 1.54) is 6.07 Å². The molecule has 0 radical (unpaired) electrons. The number of nitrogens with zero attached hydrogens (tertiary/aromatic N) is 1. The van der Waals surface area contributed by atoms with Crippen LogP contribution in [0.1, 0.15) is 16.7 Å². The van der Waals surface area contributed by atoms with Crippen LogP contribution in [0.25, 0.3) is 5.57 Å². The maximum atomic E-state index is 10.00. The number of phenols is 1.